The number of pyridine rings is 1. The summed E-state index contributed by atoms with van der Waals surface area (Å²) in [4.78, 5) is 20.6. The van der Waals surface area contributed by atoms with Crippen molar-refractivity contribution in [3.63, 3.8) is 0 Å². The van der Waals surface area contributed by atoms with Gasteiger partial charge < -0.3 is 9.32 Å². The minimum Gasteiger partial charge on any atom is -0.459 e. The van der Waals surface area contributed by atoms with Gasteiger partial charge in [0.25, 0.3) is 5.91 Å². The lowest BCUT2D eigenvalue weighted by Gasteiger charge is -2.47. The summed E-state index contributed by atoms with van der Waals surface area (Å²) in [5.41, 5.74) is 1.59. The zero-order valence-corrected chi connectivity index (χ0v) is 12.4. The Labute approximate surface area is 129 Å². The molecule has 5 heteroatoms. The molecule has 2 aromatic heterocycles. The van der Waals surface area contributed by atoms with Gasteiger partial charge in [-0.1, -0.05) is 0 Å². The van der Waals surface area contributed by atoms with Crippen LogP contribution in [-0.2, 0) is 6.54 Å². The highest BCUT2D eigenvalue weighted by Crippen LogP contribution is 2.40. The summed E-state index contributed by atoms with van der Waals surface area (Å²) in [6.45, 7) is 4.83. The van der Waals surface area contributed by atoms with E-state index in [4.69, 9.17) is 4.42 Å². The first-order valence-electron chi connectivity index (χ1n) is 7.68. The SMILES string of the molecule is O=C(c1ccco1)N1CC2(CCN(Cc3ccncc3)C2)C1. The highest BCUT2D eigenvalue weighted by molar-refractivity contribution is 5.92. The Morgan fingerprint density at radius 2 is 2.05 bits per heavy atom. The van der Waals surface area contributed by atoms with E-state index >= 15 is 0 Å². The lowest BCUT2D eigenvalue weighted by Crippen LogP contribution is -2.59. The van der Waals surface area contributed by atoms with E-state index in [-0.39, 0.29) is 11.3 Å². The fourth-order valence-corrected chi connectivity index (χ4v) is 3.63. The number of amides is 1. The molecule has 0 N–H and O–H groups in total. The van der Waals surface area contributed by atoms with Gasteiger partial charge >= 0.3 is 0 Å². The molecule has 0 unspecified atom stereocenters. The molecule has 0 bridgehead atoms. The lowest BCUT2D eigenvalue weighted by molar-refractivity contribution is 0.00800. The van der Waals surface area contributed by atoms with Gasteiger partial charge in [0, 0.05) is 44.0 Å². The lowest BCUT2D eigenvalue weighted by atomic mass is 9.79. The van der Waals surface area contributed by atoms with Crippen LogP contribution in [0.25, 0.3) is 0 Å². The van der Waals surface area contributed by atoms with Crippen molar-refractivity contribution in [1.29, 1.82) is 0 Å². The van der Waals surface area contributed by atoms with Gasteiger partial charge in [0.05, 0.1) is 6.26 Å². The Morgan fingerprint density at radius 3 is 2.77 bits per heavy atom. The molecule has 2 aliphatic rings. The van der Waals surface area contributed by atoms with Crippen molar-refractivity contribution in [2.45, 2.75) is 13.0 Å². The van der Waals surface area contributed by atoms with Crippen molar-refractivity contribution >= 4 is 5.91 Å². The van der Waals surface area contributed by atoms with Gasteiger partial charge in [0.15, 0.2) is 5.76 Å². The average Bonchev–Trinajstić information content (AvgIpc) is 3.16. The van der Waals surface area contributed by atoms with Crippen LogP contribution in [0.5, 0.6) is 0 Å². The van der Waals surface area contributed by atoms with Crippen LogP contribution in [-0.4, -0.2) is 46.9 Å². The zero-order chi connectivity index (χ0) is 15.0. The van der Waals surface area contributed by atoms with Crippen molar-refractivity contribution in [3.05, 3.63) is 54.2 Å². The summed E-state index contributed by atoms with van der Waals surface area (Å²) < 4.78 is 5.20. The van der Waals surface area contributed by atoms with Gasteiger partial charge in [-0.15, -0.1) is 0 Å². The van der Waals surface area contributed by atoms with E-state index in [1.54, 1.807) is 18.4 Å². The third kappa shape index (κ3) is 2.41. The number of hydrogen-bond acceptors (Lipinski definition) is 4. The smallest absolute Gasteiger partial charge is 0.289 e. The van der Waals surface area contributed by atoms with Crippen molar-refractivity contribution in [3.8, 4) is 0 Å². The van der Waals surface area contributed by atoms with E-state index in [0.717, 1.165) is 32.7 Å². The topological polar surface area (TPSA) is 49.6 Å². The van der Waals surface area contributed by atoms with Crippen LogP contribution in [0.1, 0.15) is 22.5 Å². The van der Waals surface area contributed by atoms with E-state index in [9.17, 15) is 4.79 Å². The molecule has 1 spiro atoms. The summed E-state index contributed by atoms with van der Waals surface area (Å²) in [6.07, 6.45) is 6.40. The normalized spacial score (nSPS) is 20.3. The first kappa shape index (κ1) is 13.5. The van der Waals surface area contributed by atoms with Crippen molar-refractivity contribution < 1.29 is 9.21 Å². The third-order valence-electron chi connectivity index (χ3n) is 4.74. The first-order valence-corrected chi connectivity index (χ1v) is 7.68. The fourth-order valence-electron chi connectivity index (χ4n) is 3.63. The van der Waals surface area contributed by atoms with Crippen LogP contribution in [0.3, 0.4) is 0 Å². The highest BCUT2D eigenvalue weighted by atomic mass is 16.3. The minimum absolute atomic E-state index is 0.0169. The fraction of sp³-hybridized carbons (Fsp3) is 0.412. The second-order valence-electron chi connectivity index (χ2n) is 6.45. The molecule has 0 atom stereocenters. The predicted octanol–water partition coefficient (Wildman–Crippen LogP) is 2.02. The maximum atomic E-state index is 12.2. The van der Waals surface area contributed by atoms with Crippen LogP contribution in [0.2, 0.25) is 0 Å². The summed E-state index contributed by atoms with van der Waals surface area (Å²) in [7, 11) is 0. The number of hydrogen-bond donors (Lipinski definition) is 0. The molecule has 0 radical (unpaired) electrons. The van der Waals surface area contributed by atoms with Crippen LogP contribution in [0.4, 0.5) is 0 Å². The summed E-state index contributed by atoms with van der Waals surface area (Å²) >= 11 is 0. The Morgan fingerprint density at radius 1 is 1.23 bits per heavy atom. The van der Waals surface area contributed by atoms with E-state index in [1.165, 1.54) is 12.0 Å². The van der Waals surface area contributed by atoms with Crippen LogP contribution < -0.4 is 0 Å². The minimum atomic E-state index is 0.0169. The maximum absolute atomic E-state index is 12.2. The number of furan rings is 1. The molecule has 4 rings (SSSR count). The van der Waals surface area contributed by atoms with Crippen LogP contribution >= 0.6 is 0 Å². The molecular weight excluding hydrogens is 278 g/mol. The van der Waals surface area contributed by atoms with Gasteiger partial charge in [0.2, 0.25) is 0 Å². The quantitative estimate of drug-likeness (QED) is 0.870. The Kier molecular flexibility index (Phi) is 3.22. The molecule has 22 heavy (non-hydrogen) atoms. The summed E-state index contributed by atoms with van der Waals surface area (Å²) in [5.74, 6) is 0.463. The van der Waals surface area contributed by atoms with Gasteiger partial charge in [-0.3, -0.25) is 14.7 Å². The standard InChI is InChI=1S/C17H19N3O2/c21-16(15-2-1-9-22-15)20-12-17(13-20)5-8-19(11-17)10-14-3-6-18-7-4-14/h1-4,6-7,9H,5,8,10-13H2. The molecular formula is C17H19N3O2. The highest BCUT2D eigenvalue weighted by Gasteiger charge is 2.49. The van der Waals surface area contributed by atoms with Crippen molar-refractivity contribution in [2.75, 3.05) is 26.2 Å². The van der Waals surface area contributed by atoms with E-state index < -0.39 is 0 Å². The number of rotatable bonds is 3. The van der Waals surface area contributed by atoms with Gasteiger partial charge in [-0.25, -0.2) is 0 Å². The molecule has 2 aliphatic heterocycles. The number of nitrogens with zero attached hydrogens (tertiary/aromatic N) is 3. The number of carbonyl (C=O) groups excluding carboxylic acids is 1. The zero-order valence-electron chi connectivity index (χ0n) is 12.4. The molecule has 2 saturated heterocycles. The Balaban J connectivity index is 1.33. The average molecular weight is 297 g/mol. The molecule has 0 saturated carbocycles. The van der Waals surface area contributed by atoms with E-state index in [2.05, 4.69) is 22.0 Å². The molecule has 4 heterocycles. The van der Waals surface area contributed by atoms with Crippen LogP contribution in [0.15, 0.2) is 47.3 Å². The molecule has 114 valence electrons. The molecule has 2 aromatic rings. The largest absolute Gasteiger partial charge is 0.459 e. The Hall–Kier alpha value is -2.14. The number of carbonyl (C=O) groups is 1. The second kappa shape index (κ2) is 5.25. The maximum Gasteiger partial charge on any atom is 0.289 e. The number of aromatic nitrogens is 1. The molecule has 2 fully saturated rings. The van der Waals surface area contributed by atoms with Gasteiger partial charge in [-0.2, -0.15) is 0 Å². The Bertz CT molecular complexity index is 648. The monoisotopic (exact) mass is 297 g/mol. The second-order valence-corrected chi connectivity index (χ2v) is 6.45. The van der Waals surface area contributed by atoms with Crippen molar-refractivity contribution in [1.82, 2.24) is 14.8 Å². The van der Waals surface area contributed by atoms with Crippen LogP contribution in [0, 0.1) is 5.41 Å². The van der Waals surface area contributed by atoms with E-state index in [1.807, 2.05) is 17.3 Å². The third-order valence-corrected chi connectivity index (χ3v) is 4.74. The molecule has 5 nitrogen and oxygen atoms in total. The molecule has 1 amide bonds. The molecule has 0 aromatic carbocycles. The number of likely N-dealkylation sites (tertiary alicyclic amines) is 2. The first-order chi connectivity index (χ1) is 10.7. The van der Waals surface area contributed by atoms with Gasteiger partial charge in [-0.05, 0) is 42.8 Å². The van der Waals surface area contributed by atoms with E-state index in [0.29, 0.717) is 5.76 Å². The summed E-state index contributed by atoms with van der Waals surface area (Å²) in [6, 6.07) is 7.63. The molecule has 0 aliphatic carbocycles. The van der Waals surface area contributed by atoms with Gasteiger partial charge in [0.1, 0.15) is 0 Å². The van der Waals surface area contributed by atoms with Crippen molar-refractivity contribution in [2.24, 2.45) is 5.41 Å². The predicted molar refractivity (Wildman–Crippen MR) is 81.2 cm³/mol. The summed E-state index contributed by atoms with van der Waals surface area (Å²) in [5, 5.41) is 0.